The summed E-state index contributed by atoms with van der Waals surface area (Å²) in [4.78, 5) is 14.6. The molecule has 0 radical (unpaired) electrons. The van der Waals surface area contributed by atoms with Crippen molar-refractivity contribution in [3.05, 3.63) is 41.7 Å². The monoisotopic (exact) mass is 348 g/mol. The lowest BCUT2D eigenvalue weighted by Gasteiger charge is -2.34. The second kappa shape index (κ2) is 6.05. The summed E-state index contributed by atoms with van der Waals surface area (Å²) in [7, 11) is -3.18. The Morgan fingerprint density at radius 2 is 1.75 bits per heavy atom. The van der Waals surface area contributed by atoms with Gasteiger partial charge >= 0.3 is 0 Å². The Labute approximate surface area is 141 Å². The smallest absolute Gasteiger partial charge is 0.259 e. The van der Waals surface area contributed by atoms with Crippen LogP contribution in [0, 0.1) is 6.92 Å². The molecule has 7 heteroatoms. The zero-order valence-electron chi connectivity index (χ0n) is 13.9. The molecule has 1 aromatic heterocycles. The van der Waals surface area contributed by atoms with Crippen molar-refractivity contribution in [2.24, 2.45) is 0 Å². The summed E-state index contributed by atoms with van der Waals surface area (Å²) >= 11 is 0. The average molecular weight is 348 g/mol. The van der Waals surface area contributed by atoms with Crippen LogP contribution in [-0.2, 0) is 9.84 Å². The molecular weight excluding hydrogens is 328 g/mol. The van der Waals surface area contributed by atoms with Crippen molar-refractivity contribution in [2.45, 2.75) is 31.3 Å². The van der Waals surface area contributed by atoms with E-state index >= 15 is 0 Å². The third-order valence-corrected chi connectivity index (χ3v) is 7.03. The van der Waals surface area contributed by atoms with Gasteiger partial charge in [-0.15, -0.1) is 0 Å². The van der Waals surface area contributed by atoms with E-state index < -0.39 is 20.3 Å². The summed E-state index contributed by atoms with van der Waals surface area (Å²) in [5.74, 6) is 0.203. The Bertz CT molecular complexity index is 840. The molecule has 2 unspecified atom stereocenters. The Morgan fingerprint density at radius 1 is 1.17 bits per heavy atom. The van der Waals surface area contributed by atoms with Crippen molar-refractivity contribution in [1.82, 2.24) is 10.1 Å². The molecule has 0 bridgehead atoms. The summed E-state index contributed by atoms with van der Waals surface area (Å²) in [5, 5.41) is 2.87. The van der Waals surface area contributed by atoms with Crippen LogP contribution in [0.1, 0.15) is 30.0 Å². The van der Waals surface area contributed by atoms with E-state index in [9.17, 15) is 13.2 Å². The molecule has 0 saturated carbocycles. The number of rotatable bonds is 2. The Balaban J connectivity index is 1.96. The second-order valence-corrected chi connectivity index (χ2v) is 9.04. The van der Waals surface area contributed by atoms with Crippen molar-refractivity contribution < 1.29 is 17.7 Å². The molecule has 1 aliphatic heterocycles. The fraction of sp³-hybridized carbons (Fsp3) is 0.412. The molecule has 1 amide bonds. The third-order valence-electron chi connectivity index (χ3n) is 4.49. The number of sulfone groups is 1. The number of aryl methyl sites for hydroxylation is 1. The van der Waals surface area contributed by atoms with Crippen molar-refractivity contribution in [3.63, 3.8) is 0 Å². The van der Waals surface area contributed by atoms with Gasteiger partial charge in [0.25, 0.3) is 5.91 Å². The summed E-state index contributed by atoms with van der Waals surface area (Å²) in [6, 6.07) is 9.34. The van der Waals surface area contributed by atoms with Crippen LogP contribution in [0.4, 0.5) is 0 Å². The van der Waals surface area contributed by atoms with E-state index in [-0.39, 0.29) is 19.0 Å². The lowest BCUT2D eigenvalue weighted by Crippen LogP contribution is -2.52. The van der Waals surface area contributed by atoms with Gasteiger partial charge in [0.15, 0.2) is 9.84 Å². The summed E-state index contributed by atoms with van der Waals surface area (Å²) in [5.41, 5.74) is 1.69. The number of amides is 1. The fourth-order valence-corrected chi connectivity index (χ4v) is 4.61. The molecule has 2 heterocycles. The van der Waals surface area contributed by atoms with E-state index in [0.717, 1.165) is 5.56 Å². The highest BCUT2D eigenvalue weighted by atomic mass is 32.2. The van der Waals surface area contributed by atoms with Crippen molar-refractivity contribution in [2.75, 3.05) is 13.1 Å². The van der Waals surface area contributed by atoms with Gasteiger partial charge in [0.1, 0.15) is 17.0 Å². The maximum atomic E-state index is 13.0. The SMILES string of the molecule is Cc1onc(-c2ccccc2)c1C(=O)N1CC(C)S(=O)(=O)C(C)C1. The normalized spacial score (nSPS) is 23.2. The van der Waals surface area contributed by atoms with Crippen LogP contribution >= 0.6 is 0 Å². The molecule has 1 aromatic carbocycles. The van der Waals surface area contributed by atoms with Crippen LogP contribution in [0.15, 0.2) is 34.9 Å². The zero-order chi connectivity index (χ0) is 17.5. The Morgan fingerprint density at radius 3 is 2.33 bits per heavy atom. The van der Waals surface area contributed by atoms with Crippen molar-refractivity contribution in [3.8, 4) is 11.3 Å². The molecular formula is C17H20N2O4S. The molecule has 0 N–H and O–H groups in total. The molecule has 2 atom stereocenters. The molecule has 1 fully saturated rings. The van der Waals surface area contributed by atoms with Crippen LogP contribution in [0.25, 0.3) is 11.3 Å². The number of nitrogens with zero attached hydrogens (tertiary/aromatic N) is 2. The van der Waals surface area contributed by atoms with Gasteiger partial charge < -0.3 is 9.42 Å². The number of carbonyl (C=O) groups is 1. The summed E-state index contributed by atoms with van der Waals surface area (Å²) in [6.07, 6.45) is 0. The molecule has 128 valence electrons. The van der Waals surface area contributed by atoms with Gasteiger partial charge in [0.05, 0.1) is 10.5 Å². The number of hydrogen-bond donors (Lipinski definition) is 0. The third kappa shape index (κ3) is 2.73. The predicted octanol–water partition coefficient (Wildman–Crippen LogP) is 2.30. The lowest BCUT2D eigenvalue weighted by molar-refractivity contribution is 0.0748. The van der Waals surface area contributed by atoms with Crippen LogP contribution < -0.4 is 0 Å². The highest BCUT2D eigenvalue weighted by molar-refractivity contribution is 7.92. The predicted molar refractivity (Wildman–Crippen MR) is 90.4 cm³/mol. The first-order chi connectivity index (χ1) is 11.3. The van der Waals surface area contributed by atoms with Gasteiger partial charge in [-0.3, -0.25) is 4.79 Å². The minimum absolute atomic E-state index is 0.185. The number of benzene rings is 1. The largest absolute Gasteiger partial charge is 0.360 e. The van der Waals surface area contributed by atoms with Gasteiger partial charge in [-0.1, -0.05) is 35.5 Å². The van der Waals surface area contributed by atoms with Crippen LogP contribution in [0.3, 0.4) is 0 Å². The Kier molecular flexibility index (Phi) is 4.21. The summed E-state index contributed by atoms with van der Waals surface area (Å²) < 4.78 is 29.5. The molecule has 24 heavy (non-hydrogen) atoms. The minimum Gasteiger partial charge on any atom is -0.360 e. The van der Waals surface area contributed by atoms with E-state index in [1.54, 1.807) is 25.7 Å². The van der Waals surface area contributed by atoms with Crippen LogP contribution in [-0.4, -0.2) is 48.0 Å². The van der Waals surface area contributed by atoms with E-state index in [1.807, 2.05) is 30.3 Å². The van der Waals surface area contributed by atoms with E-state index in [0.29, 0.717) is 17.0 Å². The number of aromatic nitrogens is 1. The summed E-state index contributed by atoms with van der Waals surface area (Å²) in [6.45, 7) is 5.35. The average Bonchev–Trinajstić information content (AvgIpc) is 2.94. The molecule has 0 aliphatic carbocycles. The van der Waals surface area contributed by atoms with Gasteiger partial charge in [-0.05, 0) is 20.8 Å². The van der Waals surface area contributed by atoms with Crippen LogP contribution in [0.2, 0.25) is 0 Å². The zero-order valence-corrected chi connectivity index (χ0v) is 14.7. The molecule has 6 nitrogen and oxygen atoms in total. The van der Waals surface area contributed by atoms with E-state index in [4.69, 9.17) is 4.52 Å². The Hall–Kier alpha value is -2.15. The number of hydrogen-bond acceptors (Lipinski definition) is 5. The van der Waals surface area contributed by atoms with Gasteiger partial charge in [-0.25, -0.2) is 8.42 Å². The van der Waals surface area contributed by atoms with Crippen molar-refractivity contribution >= 4 is 15.7 Å². The van der Waals surface area contributed by atoms with E-state index in [1.165, 1.54) is 0 Å². The maximum absolute atomic E-state index is 13.0. The first-order valence-corrected chi connectivity index (χ1v) is 9.47. The maximum Gasteiger partial charge on any atom is 0.259 e. The highest BCUT2D eigenvalue weighted by Gasteiger charge is 2.39. The molecule has 1 aliphatic rings. The molecule has 2 aromatic rings. The molecule has 3 rings (SSSR count). The van der Waals surface area contributed by atoms with Gasteiger partial charge in [-0.2, -0.15) is 0 Å². The minimum atomic E-state index is -3.18. The van der Waals surface area contributed by atoms with Crippen molar-refractivity contribution in [1.29, 1.82) is 0 Å². The number of carbonyl (C=O) groups excluding carboxylic acids is 1. The topological polar surface area (TPSA) is 80.5 Å². The quantitative estimate of drug-likeness (QED) is 0.832. The molecule has 1 saturated heterocycles. The lowest BCUT2D eigenvalue weighted by atomic mass is 10.0. The first-order valence-electron chi connectivity index (χ1n) is 7.86. The van der Waals surface area contributed by atoms with Gasteiger partial charge in [0.2, 0.25) is 0 Å². The van der Waals surface area contributed by atoms with E-state index in [2.05, 4.69) is 5.16 Å². The standard InChI is InChI=1S/C17H20N2O4S/c1-11-9-19(10-12(2)24(11,21)22)17(20)15-13(3)23-18-16(15)14-7-5-4-6-8-14/h4-8,11-12H,9-10H2,1-3H3. The highest BCUT2D eigenvalue weighted by Crippen LogP contribution is 2.28. The van der Waals surface area contributed by atoms with Gasteiger partial charge in [0, 0.05) is 18.7 Å². The first kappa shape index (κ1) is 16.7. The van der Waals surface area contributed by atoms with Crippen LogP contribution in [0.5, 0.6) is 0 Å². The fourth-order valence-electron chi connectivity index (χ4n) is 3.04. The molecule has 0 spiro atoms. The second-order valence-electron chi connectivity index (χ2n) is 6.25.